The van der Waals surface area contributed by atoms with Crippen molar-refractivity contribution in [2.75, 3.05) is 5.32 Å². The van der Waals surface area contributed by atoms with E-state index in [0.717, 1.165) is 27.7 Å². The number of hydrogen-bond donors (Lipinski definition) is 1. The minimum atomic E-state index is -0.162. The number of aromatic nitrogens is 3. The standard InChI is InChI=1S/C22H18N4O/c1-14-3-5-20-18(11-14)13-24-21(25-20)17-4-6-19(15(2)12-17)26-22(27)16-7-9-23-10-8-16/h3-13H,1-2H3,(H,26,27). The Balaban J connectivity index is 1.62. The largest absolute Gasteiger partial charge is 0.322 e. The lowest BCUT2D eigenvalue weighted by molar-refractivity contribution is 0.102. The first-order valence-corrected chi connectivity index (χ1v) is 8.66. The van der Waals surface area contributed by atoms with Gasteiger partial charge >= 0.3 is 0 Å². The van der Waals surface area contributed by atoms with Gasteiger partial charge in [0.25, 0.3) is 5.91 Å². The number of amides is 1. The summed E-state index contributed by atoms with van der Waals surface area (Å²) in [6.07, 6.45) is 5.05. The molecule has 0 atom stereocenters. The fourth-order valence-electron chi connectivity index (χ4n) is 2.93. The minimum absolute atomic E-state index is 0.162. The number of nitrogens with one attached hydrogen (secondary N) is 1. The molecule has 0 aliphatic carbocycles. The maximum atomic E-state index is 12.3. The van der Waals surface area contributed by atoms with Crippen molar-refractivity contribution in [3.8, 4) is 11.4 Å². The van der Waals surface area contributed by atoms with Gasteiger partial charge in [-0.3, -0.25) is 9.78 Å². The third kappa shape index (κ3) is 3.53. The van der Waals surface area contributed by atoms with Crippen molar-refractivity contribution in [1.82, 2.24) is 15.0 Å². The van der Waals surface area contributed by atoms with E-state index < -0.39 is 0 Å². The van der Waals surface area contributed by atoms with Gasteiger partial charge in [-0.1, -0.05) is 11.6 Å². The first-order chi connectivity index (χ1) is 13.1. The lowest BCUT2D eigenvalue weighted by Gasteiger charge is -2.10. The molecule has 2 aromatic heterocycles. The van der Waals surface area contributed by atoms with Crippen molar-refractivity contribution in [1.29, 1.82) is 0 Å². The number of anilines is 1. The molecule has 0 radical (unpaired) electrons. The second kappa shape index (κ2) is 6.96. The number of benzene rings is 2. The van der Waals surface area contributed by atoms with Crippen LogP contribution >= 0.6 is 0 Å². The fraction of sp³-hybridized carbons (Fsp3) is 0.0909. The molecule has 0 fully saturated rings. The second-order valence-electron chi connectivity index (χ2n) is 6.48. The molecule has 4 aromatic rings. The molecule has 132 valence electrons. The maximum Gasteiger partial charge on any atom is 0.255 e. The van der Waals surface area contributed by atoms with Crippen molar-refractivity contribution >= 4 is 22.5 Å². The Morgan fingerprint density at radius 3 is 2.56 bits per heavy atom. The summed E-state index contributed by atoms with van der Waals surface area (Å²) in [5, 5.41) is 3.96. The SMILES string of the molecule is Cc1ccc2nc(-c3ccc(NC(=O)c4ccncc4)c(C)c3)ncc2c1. The number of fused-ring (bicyclic) bond motifs is 1. The van der Waals surface area contributed by atoms with Crippen molar-refractivity contribution in [3.63, 3.8) is 0 Å². The number of carbonyl (C=O) groups is 1. The number of hydrogen-bond acceptors (Lipinski definition) is 4. The summed E-state index contributed by atoms with van der Waals surface area (Å²) in [7, 11) is 0. The van der Waals surface area contributed by atoms with Crippen LogP contribution in [0.2, 0.25) is 0 Å². The van der Waals surface area contributed by atoms with Crippen LogP contribution in [0.1, 0.15) is 21.5 Å². The van der Waals surface area contributed by atoms with Crippen LogP contribution < -0.4 is 5.32 Å². The van der Waals surface area contributed by atoms with E-state index in [4.69, 9.17) is 0 Å². The molecule has 0 aliphatic heterocycles. The van der Waals surface area contributed by atoms with Gasteiger partial charge in [-0.25, -0.2) is 9.97 Å². The van der Waals surface area contributed by atoms with Crippen LogP contribution in [0, 0.1) is 13.8 Å². The molecule has 2 heterocycles. The van der Waals surface area contributed by atoms with Gasteiger partial charge < -0.3 is 5.32 Å². The van der Waals surface area contributed by atoms with Crippen molar-refractivity contribution < 1.29 is 4.79 Å². The summed E-state index contributed by atoms with van der Waals surface area (Å²) in [5.41, 5.74) is 5.29. The molecule has 27 heavy (non-hydrogen) atoms. The van der Waals surface area contributed by atoms with Gasteiger partial charge in [0.1, 0.15) is 0 Å². The molecule has 5 nitrogen and oxygen atoms in total. The van der Waals surface area contributed by atoms with Gasteiger partial charge in [0, 0.05) is 40.8 Å². The van der Waals surface area contributed by atoms with Crippen molar-refractivity contribution in [2.45, 2.75) is 13.8 Å². The topological polar surface area (TPSA) is 67.8 Å². The molecule has 5 heteroatoms. The molecule has 0 bridgehead atoms. The molecule has 0 saturated carbocycles. The molecule has 0 saturated heterocycles. The van der Waals surface area contributed by atoms with Crippen LogP contribution in [-0.2, 0) is 0 Å². The quantitative estimate of drug-likeness (QED) is 0.585. The first kappa shape index (κ1) is 16.8. The highest BCUT2D eigenvalue weighted by Crippen LogP contribution is 2.24. The van der Waals surface area contributed by atoms with Crippen LogP contribution in [0.25, 0.3) is 22.3 Å². The van der Waals surface area contributed by atoms with E-state index in [9.17, 15) is 4.79 Å². The molecule has 2 aromatic carbocycles. The number of aryl methyl sites for hydroxylation is 2. The Kier molecular flexibility index (Phi) is 4.34. The predicted molar refractivity (Wildman–Crippen MR) is 107 cm³/mol. The summed E-state index contributed by atoms with van der Waals surface area (Å²) >= 11 is 0. The molecule has 0 spiro atoms. The summed E-state index contributed by atoms with van der Waals surface area (Å²) in [6, 6.07) is 15.3. The van der Waals surface area contributed by atoms with Crippen LogP contribution in [0.15, 0.2) is 67.1 Å². The highest BCUT2D eigenvalue weighted by molar-refractivity contribution is 6.04. The van der Waals surface area contributed by atoms with Gasteiger partial charge in [0.15, 0.2) is 5.82 Å². The van der Waals surface area contributed by atoms with Crippen LogP contribution in [-0.4, -0.2) is 20.9 Å². The predicted octanol–water partition coefficient (Wildman–Crippen LogP) is 4.56. The van der Waals surface area contributed by atoms with E-state index in [1.165, 1.54) is 5.56 Å². The zero-order valence-electron chi connectivity index (χ0n) is 15.1. The number of nitrogens with zero attached hydrogens (tertiary/aromatic N) is 3. The van der Waals surface area contributed by atoms with E-state index in [2.05, 4.69) is 33.3 Å². The second-order valence-corrected chi connectivity index (χ2v) is 6.48. The van der Waals surface area contributed by atoms with Crippen LogP contribution in [0.4, 0.5) is 5.69 Å². The first-order valence-electron chi connectivity index (χ1n) is 8.66. The van der Waals surface area contributed by atoms with Gasteiger partial charge in [0.05, 0.1) is 5.52 Å². The summed E-state index contributed by atoms with van der Waals surface area (Å²) in [4.78, 5) is 25.4. The molecule has 4 rings (SSSR count). The lowest BCUT2D eigenvalue weighted by Crippen LogP contribution is -2.12. The van der Waals surface area contributed by atoms with Gasteiger partial charge in [-0.2, -0.15) is 0 Å². The maximum absolute atomic E-state index is 12.3. The van der Waals surface area contributed by atoms with Crippen LogP contribution in [0.3, 0.4) is 0 Å². The smallest absolute Gasteiger partial charge is 0.255 e. The summed E-state index contributed by atoms with van der Waals surface area (Å²) in [5.74, 6) is 0.507. The van der Waals surface area contributed by atoms with Crippen LogP contribution in [0.5, 0.6) is 0 Å². The van der Waals surface area contributed by atoms with Crippen molar-refractivity contribution in [3.05, 3.63) is 83.8 Å². The fourth-order valence-corrected chi connectivity index (χ4v) is 2.93. The Labute approximate surface area is 157 Å². The monoisotopic (exact) mass is 354 g/mol. The van der Waals surface area contributed by atoms with Crippen molar-refractivity contribution in [2.24, 2.45) is 0 Å². The number of rotatable bonds is 3. The highest BCUT2D eigenvalue weighted by atomic mass is 16.1. The Hall–Kier alpha value is -3.60. The van der Waals surface area contributed by atoms with E-state index in [1.54, 1.807) is 24.5 Å². The minimum Gasteiger partial charge on any atom is -0.322 e. The molecular formula is C22H18N4O. The summed E-state index contributed by atoms with van der Waals surface area (Å²) in [6.45, 7) is 4.01. The van der Waals surface area contributed by atoms with E-state index >= 15 is 0 Å². The van der Waals surface area contributed by atoms with Gasteiger partial charge in [-0.05, 0) is 61.9 Å². The zero-order valence-corrected chi connectivity index (χ0v) is 15.1. The molecule has 0 unspecified atom stereocenters. The number of carbonyl (C=O) groups excluding carboxylic acids is 1. The Morgan fingerprint density at radius 1 is 0.963 bits per heavy atom. The third-order valence-corrected chi connectivity index (χ3v) is 4.41. The van der Waals surface area contributed by atoms with E-state index in [-0.39, 0.29) is 5.91 Å². The molecule has 0 aliphatic rings. The van der Waals surface area contributed by atoms with Gasteiger partial charge in [0.2, 0.25) is 0 Å². The Bertz CT molecular complexity index is 1140. The average molecular weight is 354 g/mol. The summed E-state index contributed by atoms with van der Waals surface area (Å²) < 4.78 is 0. The number of pyridine rings is 1. The zero-order chi connectivity index (χ0) is 18.8. The van der Waals surface area contributed by atoms with E-state index in [0.29, 0.717) is 11.4 Å². The molecule has 1 amide bonds. The van der Waals surface area contributed by atoms with Gasteiger partial charge in [-0.15, -0.1) is 0 Å². The molecular weight excluding hydrogens is 336 g/mol. The average Bonchev–Trinajstić information content (AvgIpc) is 2.69. The van der Waals surface area contributed by atoms with E-state index in [1.807, 2.05) is 43.5 Å². The third-order valence-electron chi connectivity index (χ3n) is 4.41. The highest BCUT2D eigenvalue weighted by Gasteiger charge is 2.10. The Morgan fingerprint density at radius 2 is 1.78 bits per heavy atom. The normalized spacial score (nSPS) is 10.7. The molecule has 1 N–H and O–H groups in total. The lowest BCUT2D eigenvalue weighted by atomic mass is 10.1.